The van der Waals surface area contributed by atoms with Crippen molar-refractivity contribution in [2.45, 2.75) is 130 Å². The van der Waals surface area contributed by atoms with Gasteiger partial charge in [-0.1, -0.05) is 60.1 Å². The Morgan fingerprint density at radius 3 is 2.46 bits per heavy atom. The molecular formula is C30H50O6Si. The fourth-order valence-corrected chi connectivity index (χ4v) is 7.37. The van der Waals surface area contributed by atoms with Crippen LogP contribution in [-0.4, -0.2) is 44.4 Å². The van der Waals surface area contributed by atoms with Gasteiger partial charge in [-0.3, -0.25) is 14.4 Å². The van der Waals surface area contributed by atoms with Crippen LogP contribution in [0.4, 0.5) is 0 Å². The van der Waals surface area contributed by atoms with E-state index < -0.39 is 8.32 Å². The second-order valence-corrected chi connectivity index (χ2v) is 18.2. The molecule has 0 unspecified atom stereocenters. The first-order chi connectivity index (χ1) is 17.1. The van der Waals surface area contributed by atoms with Gasteiger partial charge >= 0.3 is 11.9 Å². The number of Topliss-reactive ketones (excluding diaryl/α,β-unsaturated/α-hetero) is 1. The van der Waals surface area contributed by atoms with Crippen LogP contribution in [0.15, 0.2) is 11.6 Å². The fourth-order valence-electron chi connectivity index (χ4n) is 6.00. The summed E-state index contributed by atoms with van der Waals surface area (Å²) in [7, 11) is -2.00. The molecule has 6 nitrogen and oxygen atoms in total. The van der Waals surface area contributed by atoms with E-state index in [9.17, 15) is 14.4 Å². The Morgan fingerprint density at radius 1 is 1.16 bits per heavy atom. The molecule has 2 aliphatic carbocycles. The Morgan fingerprint density at radius 2 is 1.84 bits per heavy atom. The number of ether oxygens (including phenoxy) is 2. The zero-order valence-corrected chi connectivity index (χ0v) is 25.6. The molecule has 1 heterocycles. The van der Waals surface area contributed by atoms with Crippen LogP contribution in [0.1, 0.15) is 93.4 Å². The minimum absolute atomic E-state index is 0.0514. The minimum atomic E-state index is -2.00. The molecule has 0 aromatic heterocycles. The topological polar surface area (TPSA) is 78.9 Å². The molecule has 0 spiro atoms. The minimum Gasteiger partial charge on any atom is -0.462 e. The molecule has 3 rings (SSSR count). The van der Waals surface area contributed by atoms with Gasteiger partial charge in [-0.25, -0.2) is 0 Å². The highest BCUT2D eigenvalue weighted by molar-refractivity contribution is 6.74. The van der Waals surface area contributed by atoms with Gasteiger partial charge in [0.2, 0.25) is 0 Å². The number of hydrogen-bond acceptors (Lipinski definition) is 6. The number of carbonyl (C=O) groups is 3. The van der Waals surface area contributed by atoms with Crippen molar-refractivity contribution in [1.29, 1.82) is 0 Å². The van der Waals surface area contributed by atoms with Crippen LogP contribution in [0.2, 0.25) is 18.1 Å². The van der Waals surface area contributed by atoms with Gasteiger partial charge in [-0.2, -0.15) is 0 Å². The van der Waals surface area contributed by atoms with Gasteiger partial charge in [-0.15, -0.1) is 0 Å². The third-order valence-corrected chi connectivity index (χ3v) is 14.0. The summed E-state index contributed by atoms with van der Waals surface area (Å²) < 4.78 is 18.5. The summed E-state index contributed by atoms with van der Waals surface area (Å²) in [6.45, 7) is 19.1. The van der Waals surface area contributed by atoms with Gasteiger partial charge in [0.25, 0.3) is 0 Å². The maximum atomic E-state index is 13.0. The molecule has 210 valence electrons. The molecule has 0 N–H and O–H groups in total. The van der Waals surface area contributed by atoms with E-state index in [0.717, 1.165) is 24.8 Å². The SMILES string of the molecule is CC[C@H](C)C(=O)O[C@H]1C[C@@H](C)C=C2CC(=O)[C@H](C)[C@H](CC[C@@H]3C[C@@H](O[Si](C)(C)C(C)(C)C)CC(=O)O3)[C@H]21. The maximum Gasteiger partial charge on any atom is 0.308 e. The highest BCUT2D eigenvalue weighted by Gasteiger charge is 2.47. The molecule has 8 atom stereocenters. The monoisotopic (exact) mass is 534 g/mol. The first kappa shape index (κ1) is 30.1. The summed E-state index contributed by atoms with van der Waals surface area (Å²) in [6, 6.07) is 0. The van der Waals surface area contributed by atoms with Crippen LogP contribution in [0.3, 0.4) is 0 Å². The predicted octanol–water partition coefficient (Wildman–Crippen LogP) is 6.63. The van der Waals surface area contributed by atoms with Crippen LogP contribution in [0, 0.1) is 29.6 Å². The third-order valence-electron chi connectivity index (χ3n) is 9.51. The summed E-state index contributed by atoms with van der Waals surface area (Å²) in [5, 5.41) is 0.0737. The van der Waals surface area contributed by atoms with E-state index in [1.807, 2.05) is 20.8 Å². The second kappa shape index (κ2) is 11.7. The predicted molar refractivity (Wildman–Crippen MR) is 147 cm³/mol. The molecule has 7 heteroatoms. The molecule has 1 saturated heterocycles. The molecule has 0 aromatic rings. The number of rotatable bonds is 8. The maximum absolute atomic E-state index is 13.0. The van der Waals surface area contributed by atoms with E-state index >= 15 is 0 Å². The lowest BCUT2D eigenvalue weighted by Crippen LogP contribution is -2.47. The Labute approximate surface area is 225 Å². The zero-order chi connectivity index (χ0) is 27.7. The quantitative estimate of drug-likeness (QED) is 0.198. The van der Waals surface area contributed by atoms with Crippen LogP contribution >= 0.6 is 0 Å². The van der Waals surface area contributed by atoms with Crippen molar-refractivity contribution < 1.29 is 28.3 Å². The number of allylic oxidation sites excluding steroid dienone is 1. The van der Waals surface area contributed by atoms with Crippen molar-refractivity contribution in [3.8, 4) is 0 Å². The summed E-state index contributed by atoms with van der Waals surface area (Å²) in [5.74, 6) is 0.0646. The van der Waals surface area contributed by atoms with E-state index in [0.29, 0.717) is 25.7 Å². The highest BCUT2D eigenvalue weighted by atomic mass is 28.4. The lowest BCUT2D eigenvalue weighted by molar-refractivity contribution is -0.163. The lowest BCUT2D eigenvalue weighted by Gasteiger charge is -2.45. The van der Waals surface area contributed by atoms with Crippen molar-refractivity contribution in [3.05, 3.63) is 11.6 Å². The van der Waals surface area contributed by atoms with E-state index in [4.69, 9.17) is 13.9 Å². The molecule has 0 amide bonds. The summed E-state index contributed by atoms with van der Waals surface area (Å²) in [4.78, 5) is 38.3. The van der Waals surface area contributed by atoms with E-state index in [1.54, 1.807) is 0 Å². The average molecular weight is 535 g/mol. The van der Waals surface area contributed by atoms with Crippen LogP contribution < -0.4 is 0 Å². The Bertz CT molecular complexity index is 887. The van der Waals surface area contributed by atoms with Gasteiger partial charge in [0.05, 0.1) is 18.4 Å². The Balaban J connectivity index is 1.74. The second-order valence-electron chi connectivity index (χ2n) is 13.5. The molecule has 2 fully saturated rings. The normalized spacial score (nSPS) is 33.8. The van der Waals surface area contributed by atoms with Crippen molar-refractivity contribution in [2.75, 3.05) is 0 Å². The van der Waals surface area contributed by atoms with Crippen LogP contribution in [0.5, 0.6) is 0 Å². The summed E-state index contributed by atoms with van der Waals surface area (Å²) in [6.07, 6.45) is 6.13. The first-order valence-corrected chi connectivity index (χ1v) is 17.3. The van der Waals surface area contributed by atoms with Crippen LogP contribution in [-0.2, 0) is 28.3 Å². The van der Waals surface area contributed by atoms with E-state index in [2.05, 4.69) is 46.9 Å². The molecule has 1 aliphatic heterocycles. The number of carbonyl (C=O) groups excluding carboxylic acids is 3. The first-order valence-electron chi connectivity index (χ1n) is 14.4. The Hall–Kier alpha value is -1.47. The molecule has 0 bridgehead atoms. The number of fused-ring (bicyclic) bond motifs is 1. The number of ketones is 1. The van der Waals surface area contributed by atoms with Crippen molar-refractivity contribution >= 4 is 26.0 Å². The Kier molecular flexibility index (Phi) is 9.53. The third kappa shape index (κ3) is 7.14. The van der Waals surface area contributed by atoms with Crippen LogP contribution in [0.25, 0.3) is 0 Å². The number of hydrogen-bond donors (Lipinski definition) is 0. The molecule has 1 saturated carbocycles. The molecule has 37 heavy (non-hydrogen) atoms. The highest BCUT2D eigenvalue weighted by Crippen LogP contribution is 2.47. The largest absolute Gasteiger partial charge is 0.462 e. The van der Waals surface area contributed by atoms with E-state index in [1.165, 1.54) is 0 Å². The molecular weight excluding hydrogens is 484 g/mol. The summed E-state index contributed by atoms with van der Waals surface area (Å²) in [5.41, 5.74) is 1.13. The standard InChI is InChI=1S/C30H50O6Si/c1-10-19(3)29(33)35-26-14-18(2)13-21-15-25(31)20(4)24(28(21)26)12-11-22-16-23(17-27(32)34-22)36-37(8,9)30(5,6)7/h13,18-20,22-24,26,28H,10-12,14-17H2,1-9H3/t18-,19-,20+,22+,23+,24-,26-,28-/m0/s1. The molecule has 0 radical (unpaired) electrons. The molecule has 3 aliphatic rings. The van der Waals surface area contributed by atoms with Crippen molar-refractivity contribution in [1.82, 2.24) is 0 Å². The fraction of sp³-hybridized carbons (Fsp3) is 0.833. The van der Waals surface area contributed by atoms with Gasteiger partial charge < -0.3 is 13.9 Å². The zero-order valence-electron chi connectivity index (χ0n) is 24.6. The number of cyclic esters (lactones) is 1. The van der Waals surface area contributed by atoms with Gasteiger partial charge in [0, 0.05) is 24.7 Å². The van der Waals surface area contributed by atoms with Gasteiger partial charge in [-0.05, 0) is 55.7 Å². The average Bonchev–Trinajstić information content (AvgIpc) is 2.77. The number of esters is 2. The van der Waals surface area contributed by atoms with Crippen molar-refractivity contribution in [3.63, 3.8) is 0 Å². The van der Waals surface area contributed by atoms with Crippen molar-refractivity contribution in [2.24, 2.45) is 29.6 Å². The lowest BCUT2D eigenvalue weighted by atomic mass is 9.62. The molecule has 0 aromatic carbocycles. The summed E-state index contributed by atoms with van der Waals surface area (Å²) >= 11 is 0. The van der Waals surface area contributed by atoms with E-state index in [-0.39, 0.29) is 70.7 Å². The smallest absolute Gasteiger partial charge is 0.308 e. The van der Waals surface area contributed by atoms with Gasteiger partial charge in [0.1, 0.15) is 18.0 Å². The van der Waals surface area contributed by atoms with Gasteiger partial charge in [0.15, 0.2) is 8.32 Å².